The van der Waals surface area contributed by atoms with Gasteiger partial charge in [-0.3, -0.25) is 9.89 Å². The third-order valence-corrected chi connectivity index (χ3v) is 2.69. The van der Waals surface area contributed by atoms with Gasteiger partial charge in [0.15, 0.2) is 5.82 Å². The van der Waals surface area contributed by atoms with E-state index in [2.05, 4.69) is 15.5 Å². The van der Waals surface area contributed by atoms with Gasteiger partial charge in [0.25, 0.3) is 0 Å². The Morgan fingerprint density at radius 1 is 1.56 bits per heavy atom. The summed E-state index contributed by atoms with van der Waals surface area (Å²) in [5, 5.41) is 8.87. The van der Waals surface area contributed by atoms with Crippen molar-refractivity contribution in [2.45, 2.75) is 6.42 Å². The molecule has 0 aliphatic carbocycles. The second-order valence-electron chi connectivity index (χ2n) is 3.63. The molecule has 2 aromatic rings. The number of aromatic nitrogens is 2. The van der Waals surface area contributed by atoms with E-state index in [9.17, 15) is 9.18 Å². The molecule has 1 amide bonds. The lowest BCUT2D eigenvalue weighted by Crippen LogP contribution is -2.16. The predicted molar refractivity (Wildman–Crippen MR) is 66.7 cm³/mol. The van der Waals surface area contributed by atoms with Gasteiger partial charge in [0.05, 0.1) is 18.3 Å². The van der Waals surface area contributed by atoms with Crippen LogP contribution in [0.5, 0.6) is 0 Å². The Kier molecular flexibility index (Phi) is 3.47. The Morgan fingerprint density at radius 2 is 2.33 bits per heavy atom. The van der Waals surface area contributed by atoms with Crippen LogP contribution in [0.1, 0.15) is 5.56 Å². The minimum Gasteiger partial charge on any atom is -0.394 e. The largest absolute Gasteiger partial charge is 0.394 e. The van der Waals surface area contributed by atoms with Crippen LogP contribution in [0.2, 0.25) is 5.02 Å². The quantitative estimate of drug-likeness (QED) is 0.796. The third kappa shape index (κ3) is 2.60. The lowest BCUT2D eigenvalue weighted by atomic mass is 10.1. The van der Waals surface area contributed by atoms with E-state index >= 15 is 0 Å². The summed E-state index contributed by atoms with van der Waals surface area (Å²) in [4.78, 5) is 11.7. The molecule has 18 heavy (non-hydrogen) atoms. The molecular formula is C11H10ClFN4O. The average molecular weight is 269 g/mol. The normalized spacial score (nSPS) is 10.3. The van der Waals surface area contributed by atoms with Gasteiger partial charge in [-0.25, -0.2) is 4.39 Å². The van der Waals surface area contributed by atoms with Crippen LogP contribution in [0, 0.1) is 5.82 Å². The first-order valence-corrected chi connectivity index (χ1v) is 5.47. The highest BCUT2D eigenvalue weighted by Gasteiger charge is 2.13. The summed E-state index contributed by atoms with van der Waals surface area (Å²) in [7, 11) is 0. The minimum atomic E-state index is -0.518. The molecule has 0 saturated carbocycles. The number of rotatable bonds is 3. The van der Waals surface area contributed by atoms with Crippen molar-refractivity contribution in [3.8, 4) is 0 Å². The minimum absolute atomic E-state index is 0.148. The lowest BCUT2D eigenvalue weighted by Gasteiger charge is -2.06. The molecule has 1 aromatic heterocycles. The van der Waals surface area contributed by atoms with Crippen LogP contribution in [-0.2, 0) is 11.2 Å². The van der Waals surface area contributed by atoms with E-state index in [-0.39, 0.29) is 22.8 Å². The second kappa shape index (κ2) is 5.05. The number of H-pyrrole nitrogens is 1. The molecule has 2 rings (SSSR count). The van der Waals surface area contributed by atoms with Crippen LogP contribution < -0.4 is 11.1 Å². The van der Waals surface area contributed by atoms with E-state index in [0.717, 1.165) is 0 Å². The predicted octanol–water partition coefficient (Wildman–Crippen LogP) is 1.97. The van der Waals surface area contributed by atoms with Crippen LogP contribution in [0.3, 0.4) is 0 Å². The number of nitrogens with zero attached hydrogens (tertiary/aromatic N) is 1. The summed E-state index contributed by atoms with van der Waals surface area (Å²) in [6.07, 6.45) is 1.19. The molecule has 0 atom stereocenters. The first-order valence-electron chi connectivity index (χ1n) is 5.09. The van der Waals surface area contributed by atoms with E-state index in [0.29, 0.717) is 5.69 Å². The first-order chi connectivity index (χ1) is 8.58. The van der Waals surface area contributed by atoms with E-state index in [1.165, 1.54) is 24.4 Å². The molecule has 0 bridgehead atoms. The van der Waals surface area contributed by atoms with Gasteiger partial charge in [0, 0.05) is 10.6 Å². The summed E-state index contributed by atoms with van der Waals surface area (Å²) in [5.74, 6) is -0.666. The highest BCUT2D eigenvalue weighted by atomic mass is 35.5. The fraction of sp³-hybridized carbons (Fsp3) is 0.0909. The summed E-state index contributed by atoms with van der Waals surface area (Å²) in [5.41, 5.74) is 5.99. The highest BCUT2D eigenvalue weighted by molar-refractivity contribution is 6.31. The molecule has 0 unspecified atom stereocenters. The smallest absolute Gasteiger partial charge is 0.230 e. The van der Waals surface area contributed by atoms with Crippen molar-refractivity contribution in [2.75, 3.05) is 11.1 Å². The summed E-state index contributed by atoms with van der Waals surface area (Å²) in [6, 6.07) is 4.25. The Morgan fingerprint density at radius 3 is 2.94 bits per heavy atom. The maximum atomic E-state index is 13.5. The Balaban J connectivity index is 2.10. The zero-order valence-electron chi connectivity index (χ0n) is 9.21. The lowest BCUT2D eigenvalue weighted by molar-refractivity contribution is -0.115. The van der Waals surface area contributed by atoms with E-state index in [1.807, 2.05) is 0 Å². The summed E-state index contributed by atoms with van der Waals surface area (Å²) in [6.45, 7) is 0. The number of nitrogens with one attached hydrogen (secondary N) is 2. The van der Waals surface area contributed by atoms with Crippen molar-refractivity contribution < 1.29 is 9.18 Å². The SMILES string of the molecule is Nc1cn[nH]c1NC(=O)Cc1c(F)cccc1Cl. The number of benzene rings is 1. The number of hydrogen-bond donors (Lipinski definition) is 3. The molecule has 0 radical (unpaired) electrons. The van der Waals surface area contributed by atoms with Crippen LogP contribution >= 0.6 is 11.6 Å². The van der Waals surface area contributed by atoms with Gasteiger partial charge < -0.3 is 11.1 Å². The van der Waals surface area contributed by atoms with Crippen molar-refractivity contribution in [2.24, 2.45) is 0 Å². The molecule has 0 fully saturated rings. The molecule has 5 nitrogen and oxygen atoms in total. The number of hydrogen-bond acceptors (Lipinski definition) is 3. The molecule has 0 spiro atoms. The maximum Gasteiger partial charge on any atom is 0.230 e. The molecule has 4 N–H and O–H groups in total. The number of nitrogen functional groups attached to an aromatic ring is 1. The van der Waals surface area contributed by atoms with E-state index in [4.69, 9.17) is 17.3 Å². The molecule has 0 saturated heterocycles. The Hall–Kier alpha value is -2.08. The maximum absolute atomic E-state index is 13.5. The van der Waals surface area contributed by atoms with Gasteiger partial charge in [-0.15, -0.1) is 0 Å². The molecule has 1 aromatic carbocycles. The van der Waals surface area contributed by atoms with Crippen molar-refractivity contribution in [3.05, 3.63) is 40.8 Å². The number of aromatic amines is 1. The van der Waals surface area contributed by atoms with Crippen LogP contribution in [-0.4, -0.2) is 16.1 Å². The van der Waals surface area contributed by atoms with Gasteiger partial charge in [-0.1, -0.05) is 17.7 Å². The standard InChI is InChI=1S/C11H10ClFN4O/c12-7-2-1-3-8(13)6(7)4-10(18)16-11-9(14)5-15-17-11/h1-3,5H,4,14H2,(H2,15,16,17,18). The Bertz CT molecular complexity index is 564. The zero-order valence-corrected chi connectivity index (χ0v) is 9.96. The molecule has 94 valence electrons. The number of anilines is 2. The summed E-state index contributed by atoms with van der Waals surface area (Å²) < 4.78 is 13.5. The van der Waals surface area contributed by atoms with Crippen molar-refractivity contribution in [1.29, 1.82) is 0 Å². The number of halogens is 2. The number of carbonyl (C=O) groups is 1. The van der Waals surface area contributed by atoms with Gasteiger partial charge in [-0.05, 0) is 12.1 Å². The fourth-order valence-electron chi connectivity index (χ4n) is 1.44. The van der Waals surface area contributed by atoms with Gasteiger partial charge >= 0.3 is 0 Å². The van der Waals surface area contributed by atoms with Gasteiger partial charge in [0.1, 0.15) is 5.82 Å². The van der Waals surface area contributed by atoms with E-state index < -0.39 is 11.7 Å². The highest BCUT2D eigenvalue weighted by Crippen LogP contribution is 2.20. The number of nitrogens with two attached hydrogens (primary N) is 1. The molecule has 0 aliphatic rings. The summed E-state index contributed by atoms with van der Waals surface area (Å²) >= 11 is 5.82. The fourth-order valence-corrected chi connectivity index (χ4v) is 1.67. The average Bonchev–Trinajstić information content (AvgIpc) is 2.70. The molecule has 1 heterocycles. The van der Waals surface area contributed by atoms with Gasteiger partial charge in [0.2, 0.25) is 5.91 Å². The zero-order chi connectivity index (χ0) is 13.1. The van der Waals surface area contributed by atoms with Crippen molar-refractivity contribution in [1.82, 2.24) is 10.2 Å². The van der Waals surface area contributed by atoms with Crippen LogP contribution in [0.15, 0.2) is 24.4 Å². The van der Waals surface area contributed by atoms with Gasteiger partial charge in [-0.2, -0.15) is 5.10 Å². The molecule has 0 aliphatic heterocycles. The number of amides is 1. The Labute approximate surface area is 107 Å². The number of carbonyl (C=O) groups excluding carboxylic acids is 1. The molecule has 7 heteroatoms. The van der Waals surface area contributed by atoms with E-state index in [1.54, 1.807) is 0 Å². The van der Waals surface area contributed by atoms with Crippen LogP contribution in [0.25, 0.3) is 0 Å². The first kappa shape index (κ1) is 12.4. The third-order valence-electron chi connectivity index (χ3n) is 2.33. The second-order valence-corrected chi connectivity index (χ2v) is 4.03. The van der Waals surface area contributed by atoms with Crippen molar-refractivity contribution in [3.63, 3.8) is 0 Å². The monoisotopic (exact) mass is 268 g/mol. The molecular weight excluding hydrogens is 259 g/mol. The van der Waals surface area contributed by atoms with Crippen LogP contribution in [0.4, 0.5) is 15.9 Å². The topological polar surface area (TPSA) is 83.8 Å². The van der Waals surface area contributed by atoms with Crippen molar-refractivity contribution >= 4 is 29.0 Å².